The van der Waals surface area contributed by atoms with Gasteiger partial charge >= 0.3 is 0 Å². The van der Waals surface area contributed by atoms with Gasteiger partial charge in [0, 0.05) is 24.0 Å². The zero-order chi connectivity index (χ0) is 14.8. The van der Waals surface area contributed by atoms with Gasteiger partial charge in [0.1, 0.15) is 0 Å². The summed E-state index contributed by atoms with van der Waals surface area (Å²) in [7, 11) is 0. The highest BCUT2D eigenvalue weighted by atomic mass is 16.2. The third kappa shape index (κ3) is 2.36. The molecule has 3 rings (SSSR count). The van der Waals surface area contributed by atoms with E-state index in [0.717, 1.165) is 4.90 Å². The Morgan fingerprint density at radius 2 is 1.38 bits per heavy atom. The molecule has 1 fully saturated rings. The Morgan fingerprint density at radius 3 is 2.05 bits per heavy atom. The SMILES string of the molecule is O=C(c1ccccc1)c1ccccc1N1C(=O)CCC1=O. The van der Waals surface area contributed by atoms with Crippen LogP contribution in [0.15, 0.2) is 54.6 Å². The molecule has 0 aliphatic carbocycles. The maximum Gasteiger partial charge on any atom is 0.234 e. The minimum Gasteiger partial charge on any atom is -0.289 e. The van der Waals surface area contributed by atoms with E-state index in [0.29, 0.717) is 16.8 Å². The lowest BCUT2D eigenvalue weighted by molar-refractivity contribution is -0.121. The lowest BCUT2D eigenvalue weighted by Crippen LogP contribution is -2.30. The molecule has 1 aliphatic rings. The van der Waals surface area contributed by atoms with Crippen molar-refractivity contribution in [3.63, 3.8) is 0 Å². The summed E-state index contributed by atoms with van der Waals surface area (Å²) in [6.45, 7) is 0. The number of ketones is 1. The van der Waals surface area contributed by atoms with Gasteiger partial charge < -0.3 is 0 Å². The number of amides is 2. The highest BCUT2D eigenvalue weighted by Crippen LogP contribution is 2.28. The van der Waals surface area contributed by atoms with Crippen molar-refractivity contribution in [1.29, 1.82) is 0 Å². The van der Waals surface area contributed by atoms with Crippen LogP contribution in [0.3, 0.4) is 0 Å². The van der Waals surface area contributed by atoms with Crippen molar-refractivity contribution >= 4 is 23.3 Å². The Morgan fingerprint density at radius 1 is 0.810 bits per heavy atom. The highest BCUT2D eigenvalue weighted by Gasteiger charge is 2.32. The van der Waals surface area contributed by atoms with Crippen LogP contribution >= 0.6 is 0 Å². The molecular formula is C17H13NO3. The van der Waals surface area contributed by atoms with E-state index in [1.54, 1.807) is 48.5 Å². The van der Waals surface area contributed by atoms with Crippen molar-refractivity contribution in [3.8, 4) is 0 Å². The molecule has 0 unspecified atom stereocenters. The van der Waals surface area contributed by atoms with E-state index in [1.807, 2.05) is 6.07 Å². The van der Waals surface area contributed by atoms with Crippen molar-refractivity contribution in [2.45, 2.75) is 12.8 Å². The van der Waals surface area contributed by atoms with Crippen molar-refractivity contribution < 1.29 is 14.4 Å². The van der Waals surface area contributed by atoms with Crippen LogP contribution in [0.25, 0.3) is 0 Å². The third-order valence-electron chi connectivity index (χ3n) is 3.48. The first-order valence-corrected chi connectivity index (χ1v) is 6.73. The second kappa shape index (κ2) is 5.32. The van der Waals surface area contributed by atoms with Crippen LogP contribution in [-0.2, 0) is 9.59 Å². The van der Waals surface area contributed by atoms with E-state index < -0.39 is 0 Å². The van der Waals surface area contributed by atoms with Gasteiger partial charge in [0.2, 0.25) is 11.8 Å². The first-order chi connectivity index (χ1) is 10.2. The molecule has 1 aliphatic heterocycles. The monoisotopic (exact) mass is 279 g/mol. The van der Waals surface area contributed by atoms with E-state index in [2.05, 4.69) is 0 Å². The summed E-state index contributed by atoms with van der Waals surface area (Å²) in [4.78, 5) is 37.5. The van der Waals surface area contributed by atoms with E-state index in [4.69, 9.17) is 0 Å². The summed E-state index contributed by atoms with van der Waals surface area (Å²) < 4.78 is 0. The van der Waals surface area contributed by atoms with Crippen LogP contribution in [0, 0.1) is 0 Å². The van der Waals surface area contributed by atoms with Gasteiger partial charge in [0.25, 0.3) is 0 Å². The number of hydrogen-bond acceptors (Lipinski definition) is 3. The van der Waals surface area contributed by atoms with Gasteiger partial charge in [-0.1, -0.05) is 42.5 Å². The average Bonchev–Trinajstić information content (AvgIpc) is 2.86. The van der Waals surface area contributed by atoms with Gasteiger partial charge in [-0.25, -0.2) is 4.90 Å². The Kier molecular flexibility index (Phi) is 3.36. The number of anilines is 1. The van der Waals surface area contributed by atoms with Gasteiger partial charge in [-0.05, 0) is 12.1 Å². The molecule has 1 heterocycles. The lowest BCUT2D eigenvalue weighted by atomic mass is 10.0. The fraction of sp³-hybridized carbons (Fsp3) is 0.118. The third-order valence-corrected chi connectivity index (χ3v) is 3.48. The fourth-order valence-corrected chi connectivity index (χ4v) is 2.45. The number of carbonyl (C=O) groups excluding carboxylic acids is 3. The molecule has 1 saturated heterocycles. The van der Waals surface area contributed by atoms with Crippen LogP contribution in [0.2, 0.25) is 0 Å². The predicted molar refractivity (Wildman–Crippen MR) is 78.0 cm³/mol. The topological polar surface area (TPSA) is 54.5 Å². The van der Waals surface area contributed by atoms with Gasteiger partial charge in [0.15, 0.2) is 5.78 Å². The average molecular weight is 279 g/mol. The van der Waals surface area contributed by atoms with Gasteiger partial charge in [-0.3, -0.25) is 14.4 Å². The fourth-order valence-electron chi connectivity index (χ4n) is 2.45. The number of para-hydroxylation sites is 1. The summed E-state index contributed by atoms with van der Waals surface area (Å²) in [6.07, 6.45) is 0.402. The Hall–Kier alpha value is -2.75. The Bertz CT molecular complexity index is 706. The second-order valence-electron chi connectivity index (χ2n) is 4.84. The first-order valence-electron chi connectivity index (χ1n) is 6.73. The molecule has 21 heavy (non-hydrogen) atoms. The molecule has 0 aromatic heterocycles. The molecule has 0 N–H and O–H groups in total. The maximum absolute atomic E-state index is 12.6. The number of rotatable bonds is 3. The van der Waals surface area contributed by atoms with Crippen LogP contribution in [0.4, 0.5) is 5.69 Å². The van der Waals surface area contributed by atoms with E-state index in [-0.39, 0.29) is 30.4 Å². The van der Waals surface area contributed by atoms with Crippen molar-refractivity contribution in [2.24, 2.45) is 0 Å². The van der Waals surface area contributed by atoms with Crippen LogP contribution in [0.5, 0.6) is 0 Å². The van der Waals surface area contributed by atoms with Crippen molar-refractivity contribution in [3.05, 3.63) is 65.7 Å². The van der Waals surface area contributed by atoms with E-state index >= 15 is 0 Å². The van der Waals surface area contributed by atoms with Crippen LogP contribution < -0.4 is 4.90 Å². The summed E-state index contributed by atoms with van der Waals surface area (Å²) in [5, 5.41) is 0. The van der Waals surface area contributed by atoms with Crippen LogP contribution in [-0.4, -0.2) is 17.6 Å². The molecule has 104 valence electrons. The summed E-state index contributed by atoms with van der Waals surface area (Å²) in [6, 6.07) is 15.5. The standard InChI is InChI=1S/C17H13NO3/c19-15-10-11-16(20)18(15)14-9-5-4-8-13(14)17(21)12-6-2-1-3-7-12/h1-9H,10-11H2. The number of carbonyl (C=O) groups is 3. The van der Waals surface area contributed by atoms with E-state index in [9.17, 15) is 14.4 Å². The molecule has 2 aromatic carbocycles. The summed E-state index contributed by atoms with van der Waals surface area (Å²) in [5.41, 5.74) is 1.27. The lowest BCUT2D eigenvalue weighted by Gasteiger charge is -2.17. The minimum atomic E-state index is -0.256. The zero-order valence-electron chi connectivity index (χ0n) is 11.3. The first kappa shape index (κ1) is 13.2. The molecular weight excluding hydrogens is 266 g/mol. The number of benzene rings is 2. The second-order valence-corrected chi connectivity index (χ2v) is 4.84. The smallest absolute Gasteiger partial charge is 0.234 e. The normalized spacial score (nSPS) is 14.6. The van der Waals surface area contributed by atoms with Crippen molar-refractivity contribution in [2.75, 3.05) is 4.90 Å². The number of hydrogen-bond donors (Lipinski definition) is 0. The molecule has 0 bridgehead atoms. The Balaban J connectivity index is 2.07. The molecule has 2 aromatic rings. The Labute approximate surface area is 122 Å². The molecule has 0 spiro atoms. The molecule has 4 heteroatoms. The largest absolute Gasteiger partial charge is 0.289 e. The number of imide groups is 1. The number of nitrogens with zero attached hydrogens (tertiary/aromatic N) is 1. The molecule has 0 saturated carbocycles. The van der Waals surface area contributed by atoms with Gasteiger partial charge in [-0.15, -0.1) is 0 Å². The maximum atomic E-state index is 12.6. The van der Waals surface area contributed by atoms with Crippen LogP contribution in [0.1, 0.15) is 28.8 Å². The molecule has 4 nitrogen and oxygen atoms in total. The molecule has 2 amide bonds. The molecule has 0 radical (unpaired) electrons. The minimum absolute atomic E-state index is 0.196. The zero-order valence-corrected chi connectivity index (χ0v) is 11.3. The predicted octanol–water partition coefficient (Wildman–Crippen LogP) is 2.57. The quantitative estimate of drug-likeness (QED) is 0.641. The van der Waals surface area contributed by atoms with Crippen molar-refractivity contribution in [1.82, 2.24) is 0 Å². The van der Waals surface area contributed by atoms with E-state index in [1.165, 1.54) is 0 Å². The highest BCUT2D eigenvalue weighted by molar-refractivity contribution is 6.23. The van der Waals surface area contributed by atoms with Gasteiger partial charge in [0.05, 0.1) is 5.69 Å². The summed E-state index contributed by atoms with van der Waals surface area (Å²) >= 11 is 0. The summed E-state index contributed by atoms with van der Waals surface area (Å²) in [5.74, 6) is -0.708. The molecule has 0 atom stereocenters. The van der Waals surface area contributed by atoms with Gasteiger partial charge in [-0.2, -0.15) is 0 Å².